The lowest BCUT2D eigenvalue weighted by Crippen LogP contribution is -2.30. The Bertz CT molecular complexity index is 250. The van der Waals surface area contributed by atoms with Crippen molar-refractivity contribution >= 4 is 0 Å². The maximum absolute atomic E-state index is 2.37. The molecule has 1 aromatic rings. The Labute approximate surface area is 74.6 Å². The Morgan fingerprint density at radius 3 is 2.25 bits per heavy atom. The van der Waals surface area contributed by atoms with Crippen LogP contribution in [0.3, 0.4) is 0 Å². The van der Waals surface area contributed by atoms with Crippen molar-refractivity contribution < 1.29 is 0 Å². The molecule has 0 bridgehead atoms. The predicted octanol–water partition coefficient (Wildman–Crippen LogP) is 3.45. The van der Waals surface area contributed by atoms with E-state index in [9.17, 15) is 0 Å². The number of benzene rings is 1. The Balaban J connectivity index is 2.13. The summed E-state index contributed by atoms with van der Waals surface area (Å²) in [6.07, 6.45) is 1.38. The van der Waals surface area contributed by atoms with Crippen molar-refractivity contribution in [3.8, 4) is 0 Å². The van der Waals surface area contributed by atoms with Gasteiger partial charge in [-0.3, -0.25) is 0 Å². The van der Waals surface area contributed by atoms with E-state index in [1.165, 1.54) is 12.0 Å². The van der Waals surface area contributed by atoms with E-state index in [1.807, 2.05) is 0 Å². The van der Waals surface area contributed by atoms with Crippen LogP contribution in [-0.2, 0) is 0 Å². The average Bonchev–Trinajstić information content (AvgIpc) is 2.15. The minimum absolute atomic E-state index is 0.834. The van der Waals surface area contributed by atoms with Crippen LogP contribution in [0.15, 0.2) is 30.3 Å². The van der Waals surface area contributed by atoms with E-state index in [4.69, 9.17) is 0 Å². The first-order chi connectivity index (χ1) is 5.79. The fourth-order valence-electron chi connectivity index (χ4n) is 2.17. The molecule has 1 aliphatic carbocycles. The standard InChI is InChI=1S/C12H16/c1-9-8-12(10(9)2)11-6-4-3-5-7-11/h3-7,9-10,12H,8H2,1-2H3. The molecule has 1 saturated carbocycles. The molecular weight excluding hydrogens is 144 g/mol. The molecule has 0 aromatic heterocycles. The molecule has 0 radical (unpaired) electrons. The molecule has 0 saturated heterocycles. The molecule has 1 aliphatic rings. The van der Waals surface area contributed by atoms with Gasteiger partial charge in [0.2, 0.25) is 0 Å². The van der Waals surface area contributed by atoms with Gasteiger partial charge in [0.1, 0.15) is 0 Å². The van der Waals surface area contributed by atoms with Crippen molar-refractivity contribution in [2.75, 3.05) is 0 Å². The van der Waals surface area contributed by atoms with Crippen molar-refractivity contribution in [2.45, 2.75) is 26.2 Å². The third kappa shape index (κ3) is 1.16. The van der Waals surface area contributed by atoms with E-state index in [2.05, 4.69) is 44.2 Å². The van der Waals surface area contributed by atoms with Crippen LogP contribution in [0.4, 0.5) is 0 Å². The van der Waals surface area contributed by atoms with Crippen molar-refractivity contribution in [1.82, 2.24) is 0 Å². The van der Waals surface area contributed by atoms with Crippen molar-refractivity contribution in [3.05, 3.63) is 35.9 Å². The predicted molar refractivity (Wildman–Crippen MR) is 52.1 cm³/mol. The Kier molecular flexibility index (Phi) is 1.92. The molecule has 12 heavy (non-hydrogen) atoms. The highest BCUT2D eigenvalue weighted by Crippen LogP contribution is 2.46. The highest BCUT2D eigenvalue weighted by atomic mass is 14.4. The molecular formula is C12H16. The summed E-state index contributed by atoms with van der Waals surface area (Å²) < 4.78 is 0. The summed E-state index contributed by atoms with van der Waals surface area (Å²) in [6.45, 7) is 4.72. The second kappa shape index (κ2) is 2.93. The highest BCUT2D eigenvalue weighted by molar-refractivity contribution is 5.22. The zero-order chi connectivity index (χ0) is 8.55. The summed E-state index contributed by atoms with van der Waals surface area (Å²) in [4.78, 5) is 0. The van der Waals surface area contributed by atoms with Gasteiger partial charge in [-0.1, -0.05) is 44.2 Å². The lowest BCUT2D eigenvalue weighted by Gasteiger charge is -2.41. The van der Waals surface area contributed by atoms with Crippen LogP contribution in [0.2, 0.25) is 0 Å². The summed E-state index contributed by atoms with van der Waals surface area (Å²) >= 11 is 0. The minimum Gasteiger partial charge on any atom is -0.0622 e. The minimum atomic E-state index is 0.834. The summed E-state index contributed by atoms with van der Waals surface area (Å²) in [5, 5.41) is 0. The largest absolute Gasteiger partial charge is 0.0622 e. The molecule has 0 amide bonds. The summed E-state index contributed by atoms with van der Waals surface area (Å²) in [5.41, 5.74) is 1.53. The third-order valence-electron chi connectivity index (χ3n) is 3.39. The van der Waals surface area contributed by atoms with Crippen LogP contribution in [-0.4, -0.2) is 0 Å². The molecule has 3 atom stereocenters. The summed E-state index contributed by atoms with van der Waals surface area (Å²) in [7, 11) is 0. The van der Waals surface area contributed by atoms with Crippen LogP contribution >= 0.6 is 0 Å². The van der Waals surface area contributed by atoms with E-state index in [0.717, 1.165) is 17.8 Å². The molecule has 64 valence electrons. The number of hydrogen-bond acceptors (Lipinski definition) is 0. The van der Waals surface area contributed by atoms with Crippen LogP contribution in [0, 0.1) is 11.8 Å². The number of rotatable bonds is 1. The molecule has 0 heterocycles. The van der Waals surface area contributed by atoms with Gasteiger partial charge in [0, 0.05) is 0 Å². The molecule has 0 nitrogen and oxygen atoms in total. The van der Waals surface area contributed by atoms with Gasteiger partial charge in [-0.05, 0) is 29.7 Å². The molecule has 1 aromatic carbocycles. The molecule has 0 N–H and O–H groups in total. The van der Waals surface area contributed by atoms with Gasteiger partial charge < -0.3 is 0 Å². The van der Waals surface area contributed by atoms with Crippen LogP contribution in [0.5, 0.6) is 0 Å². The van der Waals surface area contributed by atoms with E-state index in [0.29, 0.717) is 0 Å². The first-order valence-corrected chi connectivity index (χ1v) is 4.84. The smallest absolute Gasteiger partial charge is 0.0131 e. The quantitative estimate of drug-likeness (QED) is 0.590. The van der Waals surface area contributed by atoms with Gasteiger partial charge >= 0.3 is 0 Å². The van der Waals surface area contributed by atoms with E-state index < -0.39 is 0 Å². The van der Waals surface area contributed by atoms with Crippen molar-refractivity contribution in [1.29, 1.82) is 0 Å². The molecule has 3 unspecified atom stereocenters. The monoisotopic (exact) mass is 160 g/mol. The van der Waals surface area contributed by atoms with E-state index >= 15 is 0 Å². The SMILES string of the molecule is CC1CC(c2ccccc2)C1C. The van der Waals surface area contributed by atoms with Gasteiger partial charge in [-0.25, -0.2) is 0 Å². The average molecular weight is 160 g/mol. The lowest BCUT2D eigenvalue weighted by atomic mass is 9.64. The maximum atomic E-state index is 2.37. The van der Waals surface area contributed by atoms with Gasteiger partial charge in [-0.2, -0.15) is 0 Å². The second-order valence-electron chi connectivity index (χ2n) is 4.09. The zero-order valence-electron chi connectivity index (χ0n) is 7.83. The van der Waals surface area contributed by atoms with Gasteiger partial charge in [0.15, 0.2) is 0 Å². The first kappa shape index (κ1) is 7.85. The lowest BCUT2D eigenvalue weighted by molar-refractivity contribution is 0.169. The van der Waals surface area contributed by atoms with Crippen molar-refractivity contribution in [3.63, 3.8) is 0 Å². The maximum Gasteiger partial charge on any atom is -0.0131 e. The molecule has 0 spiro atoms. The topological polar surface area (TPSA) is 0 Å². The van der Waals surface area contributed by atoms with Crippen LogP contribution in [0.25, 0.3) is 0 Å². The number of hydrogen-bond donors (Lipinski definition) is 0. The zero-order valence-corrected chi connectivity index (χ0v) is 7.83. The molecule has 1 fully saturated rings. The Morgan fingerprint density at radius 1 is 1.08 bits per heavy atom. The fraction of sp³-hybridized carbons (Fsp3) is 0.500. The molecule has 0 aliphatic heterocycles. The normalized spacial score (nSPS) is 34.3. The highest BCUT2D eigenvalue weighted by Gasteiger charge is 2.34. The van der Waals surface area contributed by atoms with Crippen LogP contribution in [0.1, 0.15) is 31.7 Å². The third-order valence-corrected chi connectivity index (χ3v) is 3.39. The Morgan fingerprint density at radius 2 is 1.75 bits per heavy atom. The van der Waals surface area contributed by atoms with Crippen LogP contribution < -0.4 is 0 Å². The molecule has 2 rings (SSSR count). The summed E-state index contributed by atoms with van der Waals surface area (Å²) in [6, 6.07) is 10.9. The fourth-order valence-corrected chi connectivity index (χ4v) is 2.17. The first-order valence-electron chi connectivity index (χ1n) is 4.84. The Hall–Kier alpha value is -0.780. The van der Waals surface area contributed by atoms with Gasteiger partial charge in [-0.15, -0.1) is 0 Å². The summed E-state index contributed by atoms with van der Waals surface area (Å²) in [5.74, 6) is 2.64. The van der Waals surface area contributed by atoms with Gasteiger partial charge in [0.25, 0.3) is 0 Å². The van der Waals surface area contributed by atoms with E-state index in [1.54, 1.807) is 0 Å². The van der Waals surface area contributed by atoms with E-state index in [-0.39, 0.29) is 0 Å². The second-order valence-corrected chi connectivity index (χ2v) is 4.09. The van der Waals surface area contributed by atoms with Crippen molar-refractivity contribution in [2.24, 2.45) is 11.8 Å². The van der Waals surface area contributed by atoms with Gasteiger partial charge in [0.05, 0.1) is 0 Å². The molecule has 0 heteroatoms.